The van der Waals surface area contributed by atoms with E-state index in [2.05, 4.69) is 4.90 Å². The zero-order chi connectivity index (χ0) is 21.0. The number of nitrogens with zero attached hydrogens (tertiary/aromatic N) is 3. The summed E-state index contributed by atoms with van der Waals surface area (Å²) in [4.78, 5) is 30.6. The maximum atomic E-state index is 14.7. The molecule has 0 unspecified atom stereocenters. The highest BCUT2D eigenvalue weighted by molar-refractivity contribution is 5.97. The van der Waals surface area contributed by atoms with Crippen molar-refractivity contribution < 1.29 is 14.0 Å². The molecule has 6 nitrogen and oxygen atoms in total. The van der Waals surface area contributed by atoms with Crippen LogP contribution in [-0.2, 0) is 6.54 Å². The predicted molar refractivity (Wildman–Crippen MR) is 112 cm³/mol. The summed E-state index contributed by atoms with van der Waals surface area (Å²) in [6, 6.07) is 11.8. The van der Waals surface area contributed by atoms with Gasteiger partial charge in [-0.1, -0.05) is 24.3 Å². The molecule has 1 heterocycles. The van der Waals surface area contributed by atoms with Crippen molar-refractivity contribution >= 4 is 17.5 Å². The van der Waals surface area contributed by atoms with Crippen LogP contribution in [0.5, 0.6) is 0 Å². The summed E-state index contributed by atoms with van der Waals surface area (Å²) >= 11 is 0. The van der Waals surface area contributed by atoms with Gasteiger partial charge in [-0.05, 0) is 37.7 Å². The van der Waals surface area contributed by atoms with E-state index in [0.717, 1.165) is 24.3 Å². The summed E-state index contributed by atoms with van der Waals surface area (Å²) in [5.41, 5.74) is 7.68. The molecule has 0 radical (unpaired) electrons. The monoisotopic (exact) mass is 398 g/mol. The number of likely N-dealkylation sites (N-methyl/N-ethyl adjacent to an activating group) is 1. The maximum absolute atomic E-state index is 14.7. The van der Waals surface area contributed by atoms with Crippen LogP contribution in [0.2, 0.25) is 0 Å². The minimum atomic E-state index is -0.520. The Hall–Kier alpha value is -2.77. The Bertz CT molecular complexity index is 894. The van der Waals surface area contributed by atoms with Crippen LogP contribution in [0.4, 0.5) is 14.9 Å². The Morgan fingerprint density at radius 2 is 1.83 bits per heavy atom. The van der Waals surface area contributed by atoms with E-state index in [1.165, 1.54) is 6.07 Å². The average Bonchev–Trinajstić information content (AvgIpc) is 2.72. The molecule has 7 heteroatoms. The number of Topliss-reactive ketones (excluding diaryl/α,β-unsaturated/α-hetero) is 1. The molecule has 2 amide bonds. The van der Waals surface area contributed by atoms with Crippen LogP contribution in [-0.4, -0.2) is 61.4 Å². The van der Waals surface area contributed by atoms with E-state index in [1.54, 1.807) is 21.9 Å². The molecule has 154 valence electrons. The fourth-order valence-corrected chi connectivity index (χ4v) is 3.37. The van der Waals surface area contributed by atoms with Gasteiger partial charge in [0.05, 0.1) is 13.1 Å². The molecule has 1 saturated heterocycles. The minimum absolute atomic E-state index is 0.0809. The van der Waals surface area contributed by atoms with Gasteiger partial charge in [-0.15, -0.1) is 0 Å². The molecule has 0 atom stereocenters. The Morgan fingerprint density at radius 3 is 2.45 bits per heavy atom. The van der Waals surface area contributed by atoms with Gasteiger partial charge in [0.2, 0.25) is 0 Å². The third-order valence-electron chi connectivity index (χ3n) is 5.21. The molecule has 0 aromatic heterocycles. The van der Waals surface area contributed by atoms with Gasteiger partial charge < -0.3 is 15.5 Å². The number of ketones is 1. The Kier molecular flexibility index (Phi) is 6.61. The van der Waals surface area contributed by atoms with Gasteiger partial charge >= 0.3 is 6.03 Å². The molecule has 1 fully saturated rings. The first-order valence-electron chi connectivity index (χ1n) is 9.72. The quantitative estimate of drug-likeness (QED) is 0.786. The number of anilines is 1. The lowest BCUT2D eigenvalue weighted by Crippen LogP contribution is -2.52. The van der Waals surface area contributed by atoms with Gasteiger partial charge in [-0.25, -0.2) is 9.18 Å². The largest absolute Gasteiger partial charge is 0.324 e. The Morgan fingerprint density at radius 1 is 1.10 bits per heavy atom. The fourth-order valence-electron chi connectivity index (χ4n) is 3.37. The van der Waals surface area contributed by atoms with Crippen LogP contribution >= 0.6 is 0 Å². The minimum Gasteiger partial charge on any atom is -0.324 e. The van der Waals surface area contributed by atoms with Gasteiger partial charge in [-0.2, -0.15) is 0 Å². The number of halogens is 1. The summed E-state index contributed by atoms with van der Waals surface area (Å²) in [5, 5.41) is 0. The number of benzene rings is 2. The third kappa shape index (κ3) is 4.99. The molecule has 0 aliphatic carbocycles. The number of piperazine rings is 1. The normalized spacial score (nSPS) is 14.7. The smallest absolute Gasteiger partial charge is 0.324 e. The van der Waals surface area contributed by atoms with Crippen LogP contribution < -0.4 is 10.6 Å². The number of hydrogen-bond donors (Lipinski definition) is 1. The topological polar surface area (TPSA) is 69.9 Å². The summed E-state index contributed by atoms with van der Waals surface area (Å²) in [7, 11) is 2.03. The van der Waals surface area contributed by atoms with Gasteiger partial charge in [0.25, 0.3) is 0 Å². The molecular formula is C22H27FN4O2. The van der Waals surface area contributed by atoms with Gasteiger partial charge in [0, 0.05) is 43.0 Å². The molecule has 29 heavy (non-hydrogen) atoms. The summed E-state index contributed by atoms with van der Waals surface area (Å²) in [6.45, 7) is 4.73. The van der Waals surface area contributed by atoms with Gasteiger partial charge in [0.15, 0.2) is 5.78 Å². The van der Waals surface area contributed by atoms with Crippen LogP contribution in [0.15, 0.2) is 42.5 Å². The molecule has 2 N–H and O–H groups in total. The summed E-state index contributed by atoms with van der Waals surface area (Å²) < 4.78 is 14.7. The molecule has 2 aromatic rings. The van der Waals surface area contributed by atoms with Crippen molar-refractivity contribution in [2.75, 3.05) is 44.7 Å². The van der Waals surface area contributed by atoms with Crippen molar-refractivity contribution in [2.24, 2.45) is 5.73 Å². The Labute approximate surface area is 170 Å². The first-order chi connectivity index (χ1) is 13.9. The van der Waals surface area contributed by atoms with E-state index in [9.17, 15) is 14.0 Å². The third-order valence-corrected chi connectivity index (χ3v) is 5.21. The zero-order valence-electron chi connectivity index (χ0n) is 16.9. The second-order valence-electron chi connectivity index (χ2n) is 7.43. The van der Waals surface area contributed by atoms with Crippen molar-refractivity contribution in [2.45, 2.75) is 13.5 Å². The molecule has 0 bridgehead atoms. The highest BCUT2D eigenvalue weighted by atomic mass is 19.1. The molecule has 0 spiro atoms. The van der Waals surface area contributed by atoms with Crippen molar-refractivity contribution in [3.8, 4) is 0 Å². The lowest BCUT2D eigenvalue weighted by molar-refractivity contribution is 0.100. The Balaban J connectivity index is 1.89. The number of rotatable bonds is 5. The first kappa shape index (κ1) is 21.0. The number of amides is 2. The second kappa shape index (κ2) is 9.15. The molecule has 1 aliphatic rings. The molecular weight excluding hydrogens is 371 g/mol. The molecule has 2 aromatic carbocycles. The first-order valence-corrected chi connectivity index (χ1v) is 9.72. The van der Waals surface area contributed by atoms with Crippen LogP contribution in [0.3, 0.4) is 0 Å². The fraction of sp³-hybridized carbons (Fsp3) is 0.364. The van der Waals surface area contributed by atoms with Gasteiger partial charge in [-0.3, -0.25) is 9.69 Å². The second-order valence-corrected chi connectivity index (χ2v) is 7.43. The van der Waals surface area contributed by atoms with E-state index >= 15 is 0 Å². The zero-order valence-corrected chi connectivity index (χ0v) is 16.9. The van der Waals surface area contributed by atoms with Gasteiger partial charge in [0.1, 0.15) is 5.82 Å². The number of hydrogen-bond acceptors (Lipinski definition) is 4. The summed E-state index contributed by atoms with van der Waals surface area (Å²) in [5.74, 6) is -0.840. The number of urea groups is 1. The number of carbonyl (C=O) groups excluding carboxylic acids is 2. The van der Waals surface area contributed by atoms with Crippen molar-refractivity contribution in [3.05, 3.63) is 65.0 Å². The van der Waals surface area contributed by atoms with Crippen LogP contribution in [0.1, 0.15) is 21.5 Å². The number of carbonyl (C=O) groups is 2. The standard InChI is InChI=1S/C22H27FN4O2/c1-16-4-3-5-19(12-16)27(22(29)26-10-8-25(2)9-11-26)15-18-7-6-17(13-20(18)23)21(28)14-24/h3-7,12-13H,8-11,14-15,24H2,1-2H3. The summed E-state index contributed by atoms with van der Waals surface area (Å²) in [6.07, 6.45) is 0. The highest BCUT2D eigenvalue weighted by Gasteiger charge is 2.26. The molecule has 3 rings (SSSR count). The van der Waals surface area contributed by atoms with Crippen LogP contribution in [0, 0.1) is 12.7 Å². The maximum Gasteiger partial charge on any atom is 0.324 e. The molecule has 0 saturated carbocycles. The SMILES string of the molecule is Cc1cccc(N(Cc2ccc(C(=O)CN)cc2F)C(=O)N2CCN(C)CC2)c1. The van der Waals surface area contributed by atoms with E-state index in [4.69, 9.17) is 5.73 Å². The van der Waals surface area contributed by atoms with E-state index in [0.29, 0.717) is 18.7 Å². The van der Waals surface area contributed by atoms with Crippen molar-refractivity contribution in [1.29, 1.82) is 0 Å². The molecule has 1 aliphatic heterocycles. The number of nitrogens with two attached hydrogens (primary N) is 1. The van der Waals surface area contributed by atoms with E-state index in [1.807, 2.05) is 38.2 Å². The van der Waals surface area contributed by atoms with E-state index in [-0.39, 0.29) is 30.5 Å². The predicted octanol–water partition coefficient (Wildman–Crippen LogP) is 2.65. The highest BCUT2D eigenvalue weighted by Crippen LogP contribution is 2.23. The number of aryl methyl sites for hydroxylation is 1. The van der Waals surface area contributed by atoms with Crippen LogP contribution in [0.25, 0.3) is 0 Å². The lowest BCUT2D eigenvalue weighted by atomic mass is 10.1. The van der Waals surface area contributed by atoms with Crippen molar-refractivity contribution in [1.82, 2.24) is 9.80 Å². The average molecular weight is 398 g/mol. The lowest BCUT2D eigenvalue weighted by Gasteiger charge is -2.36. The van der Waals surface area contributed by atoms with Crippen molar-refractivity contribution in [3.63, 3.8) is 0 Å². The van der Waals surface area contributed by atoms with E-state index < -0.39 is 5.82 Å².